The van der Waals surface area contributed by atoms with Crippen LogP contribution >= 0.6 is 0 Å². The molecule has 44 heavy (non-hydrogen) atoms. The molecule has 0 radical (unpaired) electrons. The zero-order valence-electron chi connectivity index (χ0n) is 25.7. The molecule has 1 fully saturated rings. The van der Waals surface area contributed by atoms with Crippen molar-refractivity contribution in [2.45, 2.75) is 76.8 Å². The number of ether oxygens (including phenoxy) is 1. The Morgan fingerprint density at radius 3 is 2.43 bits per heavy atom. The molecule has 0 saturated carbocycles. The number of benzene rings is 2. The third-order valence-corrected chi connectivity index (χ3v) is 7.38. The van der Waals surface area contributed by atoms with Gasteiger partial charge in [0.15, 0.2) is 0 Å². The van der Waals surface area contributed by atoms with Crippen molar-refractivity contribution in [3.8, 4) is 0 Å². The lowest BCUT2D eigenvalue weighted by Crippen LogP contribution is -2.58. The number of rotatable bonds is 12. The number of carbonyl (C=O) groups excluding carboxylic acids is 3. The summed E-state index contributed by atoms with van der Waals surface area (Å²) in [4.78, 5) is 43.2. The summed E-state index contributed by atoms with van der Waals surface area (Å²) in [5.41, 5.74) is 7.31. The topological polar surface area (TPSA) is 150 Å². The molecule has 2 heterocycles. The first-order valence-corrected chi connectivity index (χ1v) is 15.1. The third-order valence-electron chi connectivity index (χ3n) is 7.38. The zero-order valence-corrected chi connectivity index (χ0v) is 25.7. The number of carbonyl (C=O) groups is 3. The molecule has 1 saturated heterocycles. The Balaban J connectivity index is 1.49. The fourth-order valence-corrected chi connectivity index (χ4v) is 5.20. The lowest BCUT2D eigenvalue weighted by atomic mass is 9.99. The van der Waals surface area contributed by atoms with Crippen LogP contribution < -0.4 is 16.4 Å². The largest absolute Gasteiger partial charge is 0.443 e. The van der Waals surface area contributed by atoms with Gasteiger partial charge in [-0.15, -0.1) is 0 Å². The SMILES string of the molecule is CC(C)(C)OC(=O)N1CCCCN1C[C@H](O)[C@H](Cc1ccccc1)NC(=O)[C@H](CC(N)=O)NCc1ccc2ccccc2n1. The smallest absolute Gasteiger partial charge is 0.424 e. The van der Waals surface area contributed by atoms with Crippen LogP contribution in [0, 0.1) is 0 Å². The first-order chi connectivity index (χ1) is 21.0. The highest BCUT2D eigenvalue weighted by Gasteiger charge is 2.33. The van der Waals surface area contributed by atoms with Gasteiger partial charge < -0.3 is 20.9 Å². The van der Waals surface area contributed by atoms with E-state index in [-0.39, 0.29) is 19.5 Å². The zero-order chi connectivity index (χ0) is 31.7. The Labute approximate surface area is 258 Å². The van der Waals surface area contributed by atoms with Crippen LogP contribution in [0.3, 0.4) is 0 Å². The van der Waals surface area contributed by atoms with Gasteiger partial charge in [-0.2, -0.15) is 0 Å². The molecule has 11 heteroatoms. The molecule has 236 valence electrons. The highest BCUT2D eigenvalue weighted by Crippen LogP contribution is 2.18. The first-order valence-electron chi connectivity index (χ1n) is 15.1. The average molecular weight is 605 g/mol. The highest BCUT2D eigenvalue weighted by molar-refractivity contribution is 5.88. The number of nitrogens with one attached hydrogen (secondary N) is 2. The number of pyridine rings is 1. The minimum absolute atomic E-state index is 0.103. The summed E-state index contributed by atoms with van der Waals surface area (Å²) in [6, 6.07) is 19.4. The number of fused-ring (bicyclic) bond motifs is 1. The summed E-state index contributed by atoms with van der Waals surface area (Å²) in [6.45, 7) is 6.81. The summed E-state index contributed by atoms with van der Waals surface area (Å²) in [5.74, 6) is -1.10. The maximum absolute atomic E-state index is 13.6. The number of nitrogens with zero attached hydrogens (tertiary/aromatic N) is 3. The second-order valence-corrected chi connectivity index (χ2v) is 12.2. The molecule has 0 unspecified atom stereocenters. The molecule has 3 amide bonds. The van der Waals surface area contributed by atoms with E-state index in [9.17, 15) is 19.5 Å². The predicted molar refractivity (Wildman–Crippen MR) is 168 cm³/mol. The number of aliphatic hydroxyl groups excluding tert-OH is 1. The molecular formula is C33H44N6O5. The molecule has 11 nitrogen and oxygen atoms in total. The monoisotopic (exact) mass is 604 g/mol. The van der Waals surface area contributed by atoms with Crippen molar-refractivity contribution < 1.29 is 24.2 Å². The Morgan fingerprint density at radius 1 is 1.00 bits per heavy atom. The lowest BCUT2D eigenvalue weighted by molar-refractivity contribution is -0.129. The molecule has 5 N–H and O–H groups in total. The van der Waals surface area contributed by atoms with Gasteiger partial charge in [0, 0.05) is 31.6 Å². The Kier molecular flexibility index (Phi) is 11.3. The molecule has 3 atom stereocenters. The minimum atomic E-state index is -1.04. The van der Waals surface area contributed by atoms with E-state index in [2.05, 4.69) is 15.6 Å². The van der Waals surface area contributed by atoms with Gasteiger partial charge >= 0.3 is 6.09 Å². The number of hydrogen-bond acceptors (Lipinski definition) is 8. The van der Waals surface area contributed by atoms with E-state index in [1.807, 2.05) is 87.5 Å². The van der Waals surface area contributed by atoms with Crippen molar-refractivity contribution >= 4 is 28.8 Å². The van der Waals surface area contributed by atoms with E-state index < -0.39 is 41.7 Å². The van der Waals surface area contributed by atoms with Crippen LogP contribution in [0.2, 0.25) is 0 Å². The molecule has 1 aliphatic heterocycles. The molecule has 0 bridgehead atoms. The molecule has 0 spiro atoms. The lowest BCUT2D eigenvalue weighted by Gasteiger charge is -2.41. The van der Waals surface area contributed by atoms with Crippen molar-refractivity contribution in [3.05, 3.63) is 78.0 Å². The number of β-amino-alcohol motifs (C(OH)–C–C–N with tert-alkyl or cyclic N) is 1. The number of hydrogen-bond donors (Lipinski definition) is 4. The fourth-order valence-electron chi connectivity index (χ4n) is 5.20. The van der Waals surface area contributed by atoms with Gasteiger partial charge in [-0.05, 0) is 57.7 Å². The number of primary amides is 1. The normalized spacial score (nSPS) is 16.2. The van der Waals surface area contributed by atoms with E-state index in [1.54, 1.807) is 5.01 Å². The third kappa shape index (κ3) is 9.73. The molecule has 3 aromatic rings. The highest BCUT2D eigenvalue weighted by atomic mass is 16.6. The van der Waals surface area contributed by atoms with Crippen molar-refractivity contribution in [3.63, 3.8) is 0 Å². The van der Waals surface area contributed by atoms with E-state index >= 15 is 0 Å². The number of nitrogens with two attached hydrogens (primary N) is 1. The van der Waals surface area contributed by atoms with E-state index in [4.69, 9.17) is 10.5 Å². The predicted octanol–water partition coefficient (Wildman–Crippen LogP) is 2.90. The molecule has 4 rings (SSSR count). The molecule has 0 aliphatic carbocycles. The number of amides is 3. The molecule has 1 aliphatic rings. The summed E-state index contributed by atoms with van der Waals surface area (Å²) in [7, 11) is 0. The Morgan fingerprint density at radius 2 is 1.70 bits per heavy atom. The standard InChI is InChI=1S/C33H44N6O5/c1-33(2,3)44-32(43)39-18-10-9-17-38(39)22-29(40)27(19-23-11-5-4-6-12-23)37-31(42)28(20-30(34)41)35-21-25-16-15-24-13-7-8-14-26(24)36-25/h4-8,11-16,27-29,35,40H,9-10,17-22H2,1-3H3,(H2,34,41)(H,37,42)/t27-,28-,29-/m0/s1. The summed E-state index contributed by atoms with van der Waals surface area (Å²) >= 11 is 0. The van der Waals surface area contributed by atoms with Crippen LogP contribution in [-0.2, 0) is 27.3 Å². The van der Waals surface area contributed by atoms with Crippen LogP contribution in [0.4, 0.5) is 4.79 Å². The average Bonchev–Trinajstić information content (AvgIpc) is 2.98. The Hall–Kier alpha value is -4.06. The first kappa shape index (κ1) is 32.8. The second-order valence-electron chi connectivity index (χ2n) is 12.2. The summed E-state index contributed by atoms with van der Waals surface area (Å²) < 4.78 is 5.60. The van der Waals surface area contributed by atoms with Crippen LogP contribution in [0.15, 0.2) is 66.7 Å². The number of para-hydroxylation sites is 1. The van der Waals surface area contributed by atoms with Gasteiger partial charge in [0.25, 0.3) is 0 Å². The minimum Gasteiger partial charge on any atom is -0.443 e. The van der Waals surface area contributed by atoms with Crippen LogP contribution in [0.1, 0.15) is 51.3 Å². The summed E-state index contributed by atoms with van der Waals surface area (Å²) in [5, 5.41) is 21.9. The van der Waals surface area contributed by atoms with Crippen molar-refractivity contribution in [2.24, 2.45) is 5.73 Å². The van der Waals surface area contributed by atoms with Crippen LogP contribution in [0.25, 0.3) is 10.9 Å². The molecular weight excluding hydrogens is 560 g/mol. The van der Waals surface area contributed by atoms with Gasteiger partial charge in [0.2, 0.25) is 11.8 Å². The quantitative estimate of drug-likeness (QED) is 0.247. The van der Waals surface area contributed by atoms with E-state index in [0.717, 1.165) is 29.3 Å². The van der Waals surface area contributed by atoms with Gasteiger partial charge in [-0.1, -0.05) is 54.6 Å². The van der Waals surface area contributed by atoms with Crippen molar-refractivity contribution in [1.82, 2.24) is 25.6 Å². The van der Waals surface area contributed by atoms with Gasteiger partial charge in [0.05, 0.1) is 35.8 Å². The van der Waals surface area contributed by atoms with Crippen LogP contribution in [-0.4, -0.2) is 81.4 Å². The van der Waals surface area contributed by atoms with E-state index in [0.29, 0.717) is 25.2 Å². The Bertz CT molecular complexity index is 1410. The number of aromatic nitrogens is 1. The maximum atomic E-state index is 13.6. The van der Waals surface area contributed by atoms with Crippen molar-refractivity contribution in [1.29, 1.82) is 0 Å². The molecule has 2 aromatic carbocycles. The molecule has 1 aromatic heterocycles. The fraction of sp³-hybridized carbons (Fsp3) is 0.455. The van der Waals surface area contributed by atoms with Crippen molar-refractivity contribution in [2.75, 3.05) is 19.6 Å². The number of aliphatic hydroxyl groups is 1. The van der Waals surface area contributed by atoms with Gasteiger partial charge in [-0.25, -0.2) is 14.8 Å². The second kappa shape index (κ2) is 15.1. The number of hydrazine groups is 1. The van der Waals surface area contributed by atoms with Gasteiger partial charge in [0.1, 0.15) is 5.60 Å². The van der Waals surface area contributed by atoms with E-state index in [1.165, 1.54) is 5.01 Å². The maximum Gasteiger partial charge on any atom is 0.424 e. The van der Waals surface area contributed by atoms with Gasteiger partial charge in [-0.3, -0.25) is 19.9 Å². The van der Waals surface area contributed by atoms with Crippen LogP contribution in [0.5, 0.6) is 0 Å². The summed E-state index contributed by atoms with van der Waals surface area (Å²) in [6.07, 6.45) is 0.271.